The van der Waals surface area contributed by atoms with Crippen molar-refractivity contribution in [1.29, 1.82) is 0 Å². The Hall–Kier alpha value is -1.98. The number of aryl methyl sites for hydroxylation is 1. The molecule has 1 heterocycles. The second-order valence-corrected chi connectivity index (χ2v) is 4.04. The zero-order valence-corrected chi connectivity index (χ0v) is 9.45. The molecule has 1 aromatic carbocycles. The third-order valence-electron chi connectivity index (χ3n) is 2.73. The molecule has 0 saturated heterocycles. The Morgan fingerprint density at radius 2 is 2.00 bits per heavy atom. The summed E-state index contributed by atoms with van der Waals surface area (Å²) in [5.74, 6) is -1.03. The number of benzene rings is 1. The topological polar surface area (TPSA) is 42.2 Å². The zero-order valence-electron chi connectivity index (χ0n) is 9.45. The van der Waals surface area contributed by atoms with E-state index in [0.717, 1.165) is 12.1 Å². The molecule has 0 bridgehead atoms. The van der Waals surface area contributed by atoms with Crippen molar-refractivity contribution in [3.8, 4) is 0 Å². The Morgan fingerprint density at radius 3 is 2.56 bits per heavy atom. The lowest BCUT2D eigenvalue weighted by Crippen LogP contribution is -2.10. The zero-order chi connectivity index (χ0) is 13.5. The van der Waals surface area contributed by atoms with Gasteiger partial charge in [0.05, 0.1) is 5.56 Å². The number of hydrogen-bond donors (Lipinski definition) is 1. The van der Waals surface area contributed by atoms with E-state index in [4.69, 9.17) is 5.11 Å². The van der Waals surface area contributed by atoms with E-state index in [1.54, 1.807) is 13.0 Å². The van der Waals surface area contributed by atoms with Crippen LogP contribution >= 0.6 is 0 Å². The van der Waals surface area contributed by atoms with Gasteiger partial charge in [0, 0.05) is 16.6 Å². The lowest BCUT2D eigenvalue weighted by atomic mass is 10.1. The molecular weight excluding hydrogens is 247 g/mol. The first-order chi connectivity index (χ1) is 8.29. The van der Waals surface area contributed by atoms with Crippen LogP contribution in [0.1, 0.15) is 11.3 Å². The molecular formula is C12H10F3NO2. The molecule has 3 nitrogen and oxygen atoms in total. The highest BCUT2D eigenvalue weighted by Crippen LogP contribution is 2.32. The summed E-state index contributed by atoms with van der Waals surface area (Å²) >= 11 is 0. The SMILES string of the molecule is Cc1cc2cc(C(F)(F)F)ccc2n1CC(=O)O. The van der Waals surface area contributed by atoms with E-state index in [-0.39, 0.29) is 6.54 Å². The average Bonchev–Trinajstić information content (AvgIpc) is 2.53. The molecule has 6 heteroatoms. The van der Waals surface area contributed by atoms with Crippen LogP contribution in [0.15, 0.2) is 24.3 Å². The van der Waals surface area contributed by atoms with E-state index in [2.05, 4.69) is 0 Å². The molecule has 0 unspecified atom stereocenters. The Balaban J connectivity index is 2.58. The van der Waals surface area contributed by atoms with Gasteiger partial charge in [-0.15, -0.1) is 0 Å². The molecule has 0 spiro atoms. The van der Waals surface area contributed by atoms with Crippen LogP contribution in [-0.2, 0) is 17.5 Å². The molecule has 0 aliphatic rings. The van der Waals surface area contributed by atoms with Crippen molar-refractivity contribution < 1.29 is 23.1 Å². The first-order valence-corrected chi connectivity index (χ1v) is 5.18. The molecule has 0 fully saturated rings. The van der Waals surface area contributed by atoms with Crippen LogP contribution in [0.4, 0.5) is 13.2 Å². The molecule has 0 radical (unpaired) electrons. The molecule has 0 amide bonds. The fraction of sp³-hybridized carbons (Fsp3) is 0.250. The number of hydrogen-bond acceptors (Lipinski definition) is 1. The van der Waals surface area contributed by atoms with Gasteiger partial charge in [0.25, 0.3) is 0 Å². The van der Waals surface area contributed by atoms with Gasteiger partial charge in [0.15, 0.2) is 0 Å². The minimum Gasteiger partial charge on any atom is -0.480 e. The predicted molar refractivity (Wildman–Crippen MR) is 59.3 cm³/mol. The standard InChI is InChI=1S/C12H10F3NO2/c1-7-4-8-5-9(12(13,14)15)2-3-10(8)16(7)6-11(17)18/h2-5H,6H2,1H3,(H,17,18). The minimum atomic E-state index is -4.39. The smallest absolute Gasteiger partial charge is 0.416 e. The van der Waals surface area contributed by atoms with Crippen LogP contribution < -0.4 is 0 Å². The highest BCUT2D eigenvalue weighted by molar-refractivity contribution is 5.83. The van der Waals surface area contributed by atoms with Gasteiger partial charge in [-0.1, -0.05) is 0 Å². The van der Waals surface area contributed by atoms with Crippen molar-refractivity contribution in [2.24, 2.45) is 0 Å². The molecule has 0 aliphatic carbocycles. The third-order valence-corrected chi connectivity index (χ3v) is 2.73. The minimum absolute atomic E-state index is 0.263. The Kier molecular flexibility index (Phi) is 2.80. The number of aliphatic carboxylic acids is 1. The number of nitrogens with zero attached hydrogens (tertiary/aromatic N) is 1. The van der Waals surface area contributed by atoms with Crippen molar-refractivity contribution in [2.75, 3.05) is 0 Å². The Morgan fingerprint density at radius 1 is 1.33 bits per heavy atom. The van der Waals surface area contributed by atoms with E-state index in [1.165, 1.54) is 10.6 Å². The number of carboxylic acids is 1. The highest BCUT2D eigenvalue weighted by Gasteiger charge is 2.30. The number of carbonyl (C=O) groups is 1. The lowest BCUT2D eigenvalue weighted by Gasteiger charge is -2.07. The second kappa shape index (κ2) is 4.04. The maximum atomic E-state index is 12.5. The van der Waals surface area contributed by atoms with Gasteiger partial charge in [-0.3, -0.25) is 4.79 Å². The summed E-state index contributed by atoms with van der Waals surface area (Å²) in [6, 6.07) is 4.84. The van der Waals surface area contributed by atoms with Crippen LogP contribution in [0.3, 0.4) is 0 Å². The molecule has 0 aliphatic heterocycles. The maximum absolute atomic E-state index is 12.5. The van der Waals surface area contributed by atoms with E-state index in [9.17, 15) is 18.0 Å². The number of aromatic nitrogens is 1. The molecule has 1 aromatic heterocycles. The van der Waals surface area contributed by atoms with Crippen molar-refractivity contribution >= 4 is 16.9 Å². The molecule has 96 valence electrons. The van der Waals surface area contributed by atoms with Gasteiger partial charge in [-0.25, -0.2) is 0 Å². The van der Waals surface area contributed by atoms with Crippen LogP contribution in [0, 0.1) is 6.92 Å². The first-order valence-electron chi connectivity index (χ1n) is 5.18. The average molecular weight is 257 g/mol. The Bertz CT molecular complexity index is 614. The quantitative estimate of drug-likeness (QED) is 0.898. The van der Waals surface area contributed by atoms with Crippen LogP contribution in [0.25, 0.3) is 10.9 Å². The van der Waals surface area contributed by atoms with Gasteiger partial charge in [0.2, 0.25) is 0 Å². The second-order valence-electron chi connectivity index (χ2n) is 4.04. The Labute approximate surface area is 100 Å². The van der Waals surface area contributed by atoms with Crippen molar-refractivity contribution in [2.45, 2.75) is 19.6 Å². The summed E-state index contributed by atoms with van der Waals surface area (Å²) in [4.78, 5) is 10.7. The number of fused-ring (bicyclic) bond motifs is 1. The van der Waals surface area contributed by atoms with E-state index in [0.29, 0.717) is 16.6 Å². The van der Waals surface area contributed by atoms with Crippen molar-refractivity contribution in [3.63, 3.8) is 0 Å². The highest BCUT2D eigenvalue weighted by atomic mass is 19.4. The normalized spacial score (nSPS) is 12.0. The number of halogens is 3. The van der Waals surface area contributed by atoms with E-state index in [1.807, 2.05) is 0 Å². The molecule has 1 N–H and O–H groups in total. The molecule has 0 saturated carbocycles. The number of carboxylic acid groups (broad SMARTS) is 1. The molecule has 0 atom stereocenters. The number of alkyl halides is 3. The van der Waals surface area contributed by atoms with Crippen molar-refractivity contribution in [1.82, 2.24) is 4.57 Å². The van der Waals surface area contributed by atoms with E-state index < -0.39 is 17.7 Å². The number of rotatable bonds is 2. The summed E-state index contributed by atoms with van der Waals surface area (Å²) in [7, 11) is 0. The molecule has 2 rings (SSSR count). The molecule has 18 heavy (non-hydrogen) atoms. The third kappa shape index (κ3) is 2.18. The summed E-state index contributed by atoms with van der Waals surface area (Å²) in [6.07, 6.45) is -4.39. The van der Waals surface area contributed by atoms with Gasteiger partial charge < -0.3 is 9.67 Å². The van der Waals surface area contributed by atoms with Crippen LogP contribution in [-0.4, -0.2) is 15.6 Å². The largest absolute Gasteiger partial charge is 0.480 e. The van der Waals surface area contributed by atoms with Crippen molar-refractivity contribution in [3.05, 3.63) is 35.5 Å². The first kappa shape index (κ1) is 12.5. The van der Waals surface area contributed by atoms with Gasteiger partial charge >= 0.3 is 12.1 Å². The summed E-state index contributed by atoms with van der Waals surface area (Å²) in [6.45, 7) is 1.40. The van der Waals surface area contributed by atoms with Gasteiger partial charge in [-0.05, 0) is 31.2 Å². The van der Waals surface area contributed by atoms with Crippen LogP contribution in [0.2, 0.25) is 0 Å². The fourth-order valence-corrected chi connectivity index (χ4v) is 1.93. The van der Waals surface area contributed by atoms with E-state index >= 15 is 0 Å². The summed E-state index contributed by atoms with van der Waals surface area (Å²) in [5.41, 5.74) is 0.372. The predicted octanol–water partition coefficient (Wildman–Crippen LogP) is 3.05. The lowest BCUT2D eigenvalue weighted by molar-refractivity contribution is -0.138. The monoisotopic (exact) mass is 257 g/mol. The van der Waals surface area contributed by atoms with Gasteiger partial charge in [-0.2, -0.15) is 13.2 Å². The summed E-state index contributed by atoms with van der Waals surface area (Å²) < 4.78 is 39.1. The fourth-order valence-electron chi connectivity index (χ4n) is 1.93. The summed E-state index contributed by atoms with van der Waals surface area (Å²) in [5, 5.41) is 9.14. The molecule has 2 aromatic rings. The van der Waals surface area contributed by atoms with Crippen LogP contribution in [0.5, 0.6) is 0 Å². The van der Waals surface area contributed by atoms with Gasteiger partial charge in [0.1, 0.15) is 6.54 Å². The maximum Gasteiger partial charge on any atom is 0.416 e.